The van der Waals surface area contributed by atoms with E-state index in [0.717, 1.165) is 17.9 Å². The highest BCUT2D eigenvalue weighted by molar-refractivity contribution is 5.36. The van der Waals surface area contributed by atoms with E-state index < -0.39 is 0 Å². The number of hydrogen-bond acceptors (Lipinski definition) is 1. The Hall–Kier alpha value is -0.820. The maximum atomic E-state index is 3.79. The Labute approximate surface area is 130 Å². The minimum atomic E-state index is 0.497. The monoisotopic (exact) mass is 285 g/mol. The first-order valence-electron chi connectivity index (χ1n) is 8.76. The van der Waals surface area contributed by atoms with Crippen molar-refractivity contribution < 1.29 is 0 Å². The minimum absolute atomic E-state index is 0.497. The molecule has 0 amide bonds. The van der Waals surface area contributed by atoms with Crippen LogP contribution in [0, 0.1) is 25.2 Å². The zero-order chi connectivity index (χ0) is 15.0. The average molecular weight is 285 g/mol. The van der Waals surface area contributed by atoms with Crippen LogP contribution in [-0.2, 0) is 0 Å². The van der Waals surface area contributed by atoms with E-state index in [9.17, 15) is 0 Å². The lowest BCUT2D eigenvalue weighted by Crippen LogP contribution is -2.35. The molecule has 1 heteroatoms. The van der Waals surface area contributed by atoms with Crippen LogP contribution in [0.2, 0.25) is 0 Å². The van der Waals surface area contributed by atoms with Crippen LogP contribution >= 0.6 is 0 Å². The third-order valence-electron chi connectivity index (χ3n) is 5.83. The van der Waals surface area contributed by atoms with E-state index >= 15 is 0 Å². The second-order valence-electron chi connectivity index (χ2n) is 8.25. The lowest BCUT2D eigenvalue weighted by Gasteiger charge is -2.42. The molecule has 2 saturated carbocycles. The first-order chi connectivity index (χ1) is 9.96. The number of benzene rings is 1. The lowest BCUT2D eigenvalue weighted by atomic mass is 9.64. The highest BCUT2D eigenvalue weighted by atomic mass is 14.9. The fourth-order valence-electron chi connectivity index (χ4n) is 4.03. The summed E-state index contributed by atoms with van der Waals surface area (Å²) in [6.07, 6.45) is 6.89. The third kappa shape index (κ3) is 3.51. The SMILES string of the molecule is Cc1cccc(C2CC(C)(C)CCC2CNC2CC2)c1C. The Balaban J connectivity index is 1.82. The van der Waals surface area contributed by atoms with Crippen molar-refractivity contribution in [2.24, 2.45) is 11.3 Å². The molecule has 3 rings (SSSR count). The number of rotatable bonds is 4. The van der Waals surface area contributed by atoms with Gasteiger partial charge in [-0.15, -0.1) is 0 Å². The summed E-state index contributed by atoms with van der Waals surface area (Å²) in [6.45, 7) is 10.7. The molecule has 1 aromatic rings. The van der Waals surface area contributed by atoms with Gasteiger partial charge in [-0.3, -0.25) is 0 Å². The highest BCUT2D eigenvalue weighted by Gasteiger charge is 2.36. The van der Waals surface area contributed by atoms with Gasteiger partial charge in [0.1, 0.15) is 0 Å². The van der Waals surface area contributed by atoms with Crippen molar-refractivity contribution in [2.75, 3.05) is 6.54 Å². The van der Waals surface area contributed by atoms with Gasteiger partial charge in [0.05, 0.1) is 0 Å². The average Bonchev–Trinajstić information content (AvgIpc) is 3.24. The molecule has 21 heavy (non-hydrogen) atoms. The standard InChI is InChI=1S/C20H31N/c1-14-6-5-7-18(15(14)2)19-12-20(3,4)11-10-16(19)13-21-17-8-9-17/h5-7,16-17,19,21H,8-13H2,1-4H3. The van der Waals surface area contributed by atoms with Gasteiger partial charge in [-0.05, 0) is 86.4 Å². The van der Waals surface area contributed by atoms with Crippen LogP contribution in [0.15, 0.2) is 18.2 Å². The molecule has 0 bridgehead atoms. The summed E-state index contributed by atoms with van der Waals surface area (Å²) in [5.74, 6) is 1.55. The van der Waals surface area contributed by atoms with E-state index in [0.29, 0.717) is 5.41 Å². The predicted molar refractivity (Wildman–Crippen MR) is 90.8 cm³/mol. The van der Waals surface area contributed by atoms with Crippen molar-refractivity contribution in [2.45, 2.75) is 71.8 Å². The van der Waals surface area contributed by atoms with E-state index in [4.69, 9.17) is 0 Å². The molecular formula is C20H31N. The van der Waals surface area contributed by atoms with E-state index in [2.05, 4.69) is 51.2 Å². The van der Waals surface area contributed by atoms with Gasteiger partial charge in [-0.1, -0.05) is 32.0 Å². The van der Waals surface area contributed by atoms with Gasteiger partial charge in [0.15, 0.2) is 0 Å². The maximum Gasteiger partial charge on any atom is 0.00683 e. The highest BCUT2D eigenvalue weighted by Crippen LogP contribution is 2.47. The summed E-state index contributed by atoms with van der Waals surface area (Å²) in [6, 6.07) is 7.73. The van der Waals surface area contributed by atoms with Gasteiger partial charge in [0, 0.05) is 6.04 Å². The molecule has 0 saturated heterocycles. The minimum Gasteiger partial charge on any atom is -0.314 e. The summed E-state index contributed by atoms with van der Waals surface area (Å²) in [5, 5.41) is 3.79. The number of nitrogens with one attached hydrogen (secondary N) is 1. The first kappa shape index (κ1) is 15.1. The summed E-state index contributed by atoms with van der Waals surface area (Å²) in [7, 11) is 0. The van der Waals surface area contributed by atoms with E-state index in [-0.39, 0.29) is 0 Å². The van der Waals surface area contributed by atoms with Crippen molar-refractivity contribution in [1.82, 2.24) is 5.32 Å². The molecule has 2 atom stereocenters. The smallest absolute Gasteiger partial charge is 0.00683 e. The Kier molecular flexibility index (Phi) is 4.14. The number of aryl methyl sites for hydroxylation is 1. The normalized spacial score (nSPS) is 28.6. The Bertz CT molecular complexity index is 497. The summed E-state index contributed by atoms with van der Waals surface area (Å²) < 4.78 is 0. The molecule has 0 spiro atoms. The largest absolute Gasteiger partial charge is 0.314 e. The van der Waals surface area contributed by atoms with Crippen LogP contribution in [0.5, 0.6) is 0 Å². The van der Waals surface area contributed by atoms with Gasteiger partial charge in [-0.2, -0.15) is 0 Å². The molecule has 1 nitrogen and oxygen atoms in total. The van der Waals surface area contributed by atoms with Crippen LogP contribution in [0.25, 0.3) is 0 Å². The van der Waals surface area contributed by atoms with Crippen LogP contribution < -0.4 is 5.32 Å². The summed E-state index contributed by atoms with van der Waals surface area (Å²) in [5.41, 5.74) is 5.09. The molecule has 2 unspecified atom stereocenters. The summed E-state index contributed by atoms with van der Waals surface area (Å²) in [4.78, 5) is 0. The Morgan fingerprint density at radius 1 is 1.14 bits per heavy atom. The van der Waals surface area contributed by atoms with Crippen LogP contribution in [0.4, 0.5) is 0 Å². The molecule has 1 N–H and O–H groups in total. The molecule has 0 heterocycles. The van der Waals surface area contributed by atoms with Crippen LogP contribution in [-0.4, -0.2) is 12.6 Å². The second kappa shape index (κ2) is 5.76. The number of hydrogen-bond donors (Lipinski definition) is 1. The van der Waals surface area contributed by atoms with Crippen molar-refractivity contribution in [3.8, 4) is 0 Å². The van der Waals surface area contributed by atoms with Crippen LogP contribution in [0.3, 0.4) is 0 Å². The van der Waals surface area contributed by atoms with Crippen molar-refractivity contribution >= 4 is 0 Å². The fourth-order valence-corrected chi connectivity index (χ4v) is 4.03. The molecule has 0 aliphatic heterocycles. The van der Waals surface area contributed by atoms with Gasteiger partial charge < -0.3 is 5.32 Å². The molecule has 0 aromatic heterocycles. The zero-order valence-electron chi connectivity index (χ0n) is 14.2. The quantitative estimate of drug-likeness (QED) is 0.824. The van der Waals surface area contributed by atoms with E-state index in [1.54, 1.807) is 5.56 Å². The molecule has 2 aliphatic carbocycles. The van der Waals surface area contributed by atoms with Crippen molar-refractivity contribution in [1.29, 1.82) is 0 Å². The molecule has 116 valence electrons. The van der Waals surface area contributed by atoms with Crippen LogP contribution in [0.1, 0.15) is 68.6 Å². The molecular weight excluding hydrogens is 254 g/mol. The van der Waals surface area contributed by atoms with Crippen molar-refractivity contribution in [3.63, 3.8) is 0 Å². The lowest BCUT2D eigenvalue weighted by molar-refractivity contribution is 0.159. The molecule has 0 radical (unpaired) electrons. The topological polar surface area (TPSA) is 12.0 Å². The van der Waals surface area contributed by atoms with Gasteiger partial charge >= 0.3 is 0 Å². The summed E-state index contributed by atoms with van der Waals surface area (Å²) >= 11 is 0. The van der Waals surface area contributed by atoms with Crippen molar-refractivity contribution in [3.05, 3.63) is 34.9 Å². The Morgan fingerprint density at radius 2 is 1.90 bits per heavy atom. The first-order valence-corrected chi connectivity index (χ1v) is 8.76. The molecule has 2 fully saturated rings. The third-order valence-corrected chi connectivity index (χ3v) is 5.83. The maximum absolute atomic E-state index is 3.79. The van der Waals surface area contributed by atoms with Gasteiger partial charge in [0.25, 0.3) is 0 Å². The second-order valence-corrected chi connectivity index (χ2v) is 8.25. The van der Waals surface area contributed by atoms with Gasteiger partial charge in [0.2, 0.25) is 0 Å². The molecule has 2 aliphatic rings. The Morgan fingerprint density at radius 3 is 2.62 bits per heavy atom. The molecule has 1 aromatic carbocycles. The predicted octanol–water partition coefficient (Wildman–Crippen LogP) is 4.97. The zero-order valence-corrected chi connectivity index (χ0v) is 14.2. The van der Waals surface area contributed by atoms with Gasteiger partial charge in [-0.25, -0.2) is 0 Å². The van der Waals surface area contributed by atoms with E-state index in [1.807, 2.05) is 0 Å². The van der Waals surface area contributed by atoms with E-state index in [1.165, 1.54) is 49.8 Å². The fraction of sp³-hybridized carbons (Fsp3) is 0.700.